The van der Waals surface area contributed by atoms with Gasteiger partial charge in [-0.25, -0.2) is 0 Å². The van der Waals surface area contributed by atoms with Crippen LogP contribution in [0.4, 0.5) is 17.1 Å². The van der Waals surface area contributed by atoms with Crippen molar-refractivity contribution >= 4 is 112 Å². The van der Waals surface area contributed by atoms with E-state index < -0.39 is 0 Å². The van der Waals surface area contributed by atoms with E-state index >= 15 is 0 Å². The van der Waals surface area contributed by atoms with E-state index in [4.69, 9.17) is 0 Å². The smallest absolute Gasteiger partial charge is 0.0465 e. The zero-order valence-corrected chi connectivity index (χ0v) is 41.6. The second-order valence-electron chi connectivity index (χ2n) is 18.0. The highest BCUT2D eigenvalue weighted by Crippen LogP contribution is 2.54. The number of thiophene rings is 2. The number of benzene rings is 10. The van der Waals surface area contributed by atoms with Crippen molar-refractivity contribution < 1.29 is 0 Å². The lowest BCUT2D eigenvalue weighted by atomic mass is 9.69. The Labute approximate surface area is 420 Å². The highest BCUT2D eigenvalue weighted by atomic mass is 79.9. The van der Waals surface area contributed by atoms with E-state index in [9.17, 15) is 0 Å². The van der Waals surface area contributed by atoms with Gasteiger partial charge in [-0.1, -0.05) is 159 Å². The number of hydrogen-bond acceptors (Lipinski definition) is 3. The minimum absolute atomic E-state index is 0.322. The van der Waals surface area contributed by atoms with Crippen LogP contribution in [0.15, 0.2) is 233 Å². The molecule has 0 aliphatic heterocycles. The molecule has 1 aliphatic carbocycles. The van der Waals surface area contributed by atoms with Crippen molar-refractivity contribution in [2.24, 2.45) is 0 Å². The van der Waals surface area contributed by atoms with Crippen LogP contribution in [0.5, 0.6) is 0 Å². The number of fused-ring (bicyclic) bond motifs is 9. The van der Waals surface area contributed by atoms with Gasteiger partial charge in [-0.2, -0.15) is 0 Å². The van der Waals surface area contributed by atoms with Gasteiger partial charge in [0, 0.05) is 71.8 Å². The number of rotatable bonds is 9. The minimum Gasteiger partial charge on any atom is -0.310 e. The second-order valence-corrected chi connectivity index (χ2v) is 22.0. The molecule has 324 valence electrons. The first-order chi connectivity index (χ1) is 33.4. The maximum Gasteiger partial charge on any atom is 0.0465 e. The van der Waals surface area contributed by atoms with Gasteiger partial charge in [0.1, 0.15) is 0 Å². The van der Waals surface area contributed by atoms with E-state index in [2.05, 4.69) is 261 Å². The van der Waals surface area contributed by atoms with E-state index in [1.54, 1.807) is 0 Å². The molecule has 13 rings (SSSR count). The van der Waals surface area contributed by atoms with Gasteiger partial charge in [-0.3, -0.25) is 0 Å². The first-order valence-electron chi connectivity index (χ1n) is 23.0. The van der Waals surface area contributed by atoms with Crippen molar-refractivity contribution in [2.75, 3.05) is 4.90 Å². The Morgan fingerprint density at radius 2 is 0.765 bits per heavy atom. The van der Waals surface area contributed by atoms with Gasteiger partial charge in [0.25, 0.3) is 0 Å². The maximum atomic E-state index is 3.71. The highest BCUT2D eigenvalue weighted by molar-refractivity contribution is 9.10. The lowest BCUT2D eigenvalue weighted by Crippen LogP contribution is -2.31. The summed E-state index contributed by atoms with van der Waals surface area (Å²) < 4.78 is 7.47. The molecule has 0 N–H and O–H groups in total. The van der Waals surface area contributed by atoms with Gasteiger partial charge >= 0.3 is 0 Å². The summed E-state index contributed by atoms with van der Waals surface area (Å²) in [6.07, 6.45) is 1.72. The van der Waals surface area contributed by atoms with Gasteiger partial charge in [-0.15, -0.1) is 22.7 Å². The van der Waals surface area contributed by atoms with Gasteiger partial charge in [-0.05, 0) is 166 Å². The third-order valence-electron chi connectivity index (χ3n) is 14.0. The lowest BCUT2D eigenvalue weighted by Gasteiger charge is -2.34. The Hall–Kier alpha value is -6.60. The largest absolute Gasteiger partial charge is 0.310 e. The molecule has 1 nitrogen and oxygen atoms in total. The first-order valence-corrected chi connectivity index (χ1v) is 26.2. The average Bonchev–Trinajstić information content (AvgIpc) is 4.03. The topological polar surface area (TPSA) is 3.24 Å². The van der Waals surface area contributed by atoms with Gasteiger partial charge < -0.3 is 4.90 Å². The molecule has 0 saturated carbocycles. The standard InChI is InChI=1S/C63H41Br2NS2/c64-46-23-13-40(14-24-46)38-63(39-41-15-25-47(65)26-16-41)57-10-4-1-7-51(57)52-32-31-50(37-58(52)63)66(48-27-17-42(18-28-48)44-21-33-61-55(35-44)53-8-2-5-11-59(53)67-61)49-29-19-43(20-30-49)45-22-34-62-56(36-45)54-9-3-6-12-60(54)68-62/h1-37H,38-39H2. The van der Waals surface area contributed by atoms with E-state index in [0.717, 1.165) is 38.8 Å². The van der Waals surface area contributed by atoms with E-state index in [-0.39, 0.29) is 5.41 Å². The summed E-state index contributed by atoms with van der Waals surface area (Å²) in [7, 11) is 0. The minimum atomic E-state index is -0.322. The van der Waals surface area contributed by atoms with Crippen molar-refractivity contribution in [1.82, 2.24) is 0 Å². The zero-order chi connectivity index (χ0) is 45.3. The highest BCUT2D eigenvalue weighted by Gasteiger charge is 2.43. The van der Waals surface area contributed by atoms with E-state index in [1.165, 1.54) is 96.0 Å². The van der Waals surface area contributed by atoms with Gasteiger partial charge in [0.05, 0.1) is 0 Å². The first kappa shape index (κ1) is 41.6. The van der Waals surface area contributed by atoms with E-state index in [1.807, 2.05) is 22.7 Å². The van der Waals surface area contributed by atoms with Crippen LogP contribution in [0.25, 0.3) is 73.7 Å². The number of nitrogens with zero attached hydrogens (tertiary/aromatic N) is 1. The van der Waals surface area contributed by atoms with Crippen molar-refractivity contribution in [1.29, 1.82) is 0 Å². The van der Waals surface area contributed by atoms with Crippen LogP contribution in [0.1, 0.15) is 22.3 Å². The quantitative estimate of drug-likeness (QED) is 0.139. The Morgan fingerprint density at radius 1 is 0.338 bits per heavy atom. The molecule has 12 aromatic rings. The third kappa shape index (κ3) is 7.23. The fourth-order valence-corrected chi connectivity index (χ4v) is 13.5. The fraction of sp³-hybridized carbons (Fsp3) is 0.0476. The molecule has 0 unspecified atom stereocenters. The monoisotopic (exact) mass is 1030 g/mol. The summed E-state index contributed by atoms with van der Waals surface area (Å²) in [5, 5.41) is 5.27. The Bertz CT molecular complexity index is 3660. The second kappa shape index (κ2) is 16.9. The van der Waals surface area contributed by atoms with Gasteiger partial charge in [0.2, 0.25) is 0 Å². The number of hydrogen-bond donors (Lipinski definition) is 0. The molecular weight excluding hydrogens is 995 g/mol. The molecule has 0 spiro atoms. The molecule has 0 radical (unpaired) electrons. The normalized spacial score (nSPS) is 12.8. The molecule has 2 heterocycles. The molecule has 1 aliphatic rings. The fourth-order valence-electron chi connectivity index (χ4n) is 10.8. The van der Waals surface area contributed by atoms with Crippen LogP contribution < -0.4 is 4.90 Å². The van der Waals surface area contributed by atoms with Crippen LogP contribution in [-0.4, -0.2) is 0 Å². The van der Waals surface area contributed by atoms with Crippen molar-refractivity contribution in [3.05, 3.63) is 256 Å². The summed E-state index contributed by atoms with van der Waals surface area (Å²) in [6.45, 7) is 0. The Kier molecular flexibility index (Phi) is 10.3. The molecule has 5 heteroatoms. The molecule has 0 bridgehead atoms. The summed E-state index contributed by atoms with van der Waals surface area (Å²) in [6, 6.07) is 83.9. The Balaban J connectivity index is 0.956. The zero-order valence-electron chi connectivity index (χ0n) is 36.8. The molecule has 10 aromatic carbocycles. The van der Waals surface area contributed by atoms with Crippen molar-refractivity contribution in [3.63, 3.8) is 0 Å². The molecular formula is C63H41Br2NS2. The van der Waals surface area contributed by atoms with Crippen LogP contribution >= 0.6 is 54.5 Å². The van der Waals surface area contributed by atoms with Crippen molar-refractivity contribution in [2.45, 2.75) is 18.3 Å². The number of halogens is 2. The van der Waals surface area contributed by atoms with Crippen LogP contribution in [-0.2, 0) is 18.3 Å². The molecule has 0 saturated heterocycles. The average molecular weight is 1040 g/mol. The van der Waals surface area contributed by atoms with Crippen LogP contribution in [0, 0.1) is 0 Å². The third-order valence-corrected chi connectivity index (χ3v) is 17.4. The predicted octanol–water partition coefficient (Wildman–Crippen LogP) is 19.5. The molecule has 0 fully saturated rings. The SMILES string of the molecule is Brc1ccc(CC2(Cc3ccc(Br)cc3)c3ccccc3-c3ccc(N(c4ccc(-c5ccc6sc7ccccc7c6c5)cc4)c4ccc(-c5ccc6sc7ccccc7c6c5)cc4)cc32)cc1. The van der Waals surface area contributed by atoms with Crippen molar-refractivity contribution in [3.8, 4) is 33.4 Å². The van der Waals surface area contributed by atoms with Crippen LogP contribution in [0.3, 0.4) is 0 Å². The molecule has 0 atom stereocenters. The number of anilines is 3. The lowest BCUT2D eigenvalue weighted by molar-refractivity contribution is 0.520. The van der Waals surface area contributed by atoms with Crippen LogP contribution in [0.2, 0.25) is 0 Å². The Morgan fingerprint density at radius 3 is 1.29 bits per heavy atom. The summed E-state index contributed by atoms with van der Waals surface area (Å²) >= 11 is 11.2. The predicted molar refractivity (Wildman–Crippen MR) is 300 cm³/mol. The van der Waals surface area contributed by atoms with Gasteiger partial charge in [0.15, 0.2) is 0 Å². The summed E-state index contributed by atoms with van der Waals surface area (Å²) in [4.78, 5) is 2.45. The summed E-state index contributed by atoms with van der Waals surface area (Å²) in [5.41, 5.74) is 15.8. The summed E-state index contributed by atoms with van der Waals surface area (Å²) in [5.74, 6) is 0. The molecule has 2 aromatic heterocycles. The molecule has 68 heavy (non-hydrogen) atoms. The van der Waals surface area contributed by atoms with E-state index in [0.29, 0.717) is 0 Å². The maximum absolute atomic E-state index is 3.71. The molecule has 0 amide bonds.